The summed E-state index contributed by atoms with van der Waals surface area (Å²) in [5.41, 5.74) is 0.571. The van der Waals surface area contributed by atoms with E-state index in [1.165, 1.54) is 61.6 Å². The molecule has 22 nitrogen and oxygen atoms in total. The number of nitrogens with zero attached hydrogens (tertiary/aromatic N) is 4. The predicted molar refractivity (Wildman–Crippen MR) is 290 cm³/mol. The molecular formula is C57H89N7O15. The number of benzene rings is 1. The highest BCUT2D eigenvalue weighted by Gasteiger charge is 2.46. The number of carbonyl (C=O) groups is 10. The fraction of sp³-hybridized carbons (Fsp3) is 0.719. The lowest BCUT2D eigenvalue weighted by Crippen LogP contribution is -2.62. The molecular weight excluding hydrogens is 1020 g/mol. The van der Waals surface area contributed by atoms with Crippen molar-refractivity contribution in [3.8, 4) is 5.75 Å². The van der Waals surface area contributed by atoms with Crippen LogP contribution in [0.4, 0.5) is 0 Å². The first-order valence-corrected chi connectivity index (χ1v) is 28.0. The van der Waals surface area contributed by atoms with Crippen molar-refractivity contribution in [2.45, 2.75) is 201 Å². The molecule has 442 valence electrons. The number of likely N-dealkylation sites (tertiary alicyclic amines) is 1. The average Bonchev–Trinajstić information content (AvgIpc) is 4.13. The Balaban J connectivity index is 1.89. The highest BCUT2D eigenvalue weighted by atomic mass is 16.6. The number of ketones is 1. The van der Waals surface area contributed by atoms with Gasteiger partial charge in [0.25, 0.3) is 5.91 Å². The van der Waals surface area contributed by atoms with Gasteiger partial charge in [0.05, 0.1) is 31.6 Å². The Hall–Kier alpha value is -6.16. The zero-order valence-corrected chi connectivity index (χ0v) is 48.8. The number of esters is 2. The first kappa shape index (κ1) is 65.4. The molecule has 3 heterocycles. The molecule has 0 radical (unpaired) electrons. The van der Waals surface area contributed by atoms with Crippen LogP contribution in [0.1, 0.15) is 133 Å². The van der Waals surface area contributed by atoms with Crippen LogP contribution >= 0.6 is 0 Å². The first-order valence-electron chi connectivity index (χ1n) is 28.0. The minimum atomic E-state index is -1.76. The summed E-state index contributed by atoms with van der Waals surface area (Å²) in [6.45, 7) is 18.4. The second-order valence-corrected chi connectivity index (χ2v) is 23.0. The first-order chi connectivity index (χ1) is 37.0. The van der Waals surface area contributed by atoms with Gasteiger partial charge in [0.15, 0.2) is 11.9 Å². The van der Waals surface area contributed by atoms with Gasteiger partial charge in [-0.1, -0.05) is 73.9 Å². The number of methoxy groups -OCH3 is 1. The fourth-order valence-corrected chi connectivity index (χ4v) is 10.5. The smallest absolute Gasteiger partial charge is 0.329 e. The normalized spacial score (nSPS) is 27.7. The third-order valence-electron chi connectivity index (χ3n) is 15.5. The minimum Gasteiger partial charge on any atom is -0.497 e. The predicted octanol–water partition coefficient (Wildman–Crippen LogP) is 2.32. The quantitative estimate of drug-likeness (QED) is 0.124. The van der Waals surface area contributed by atoms with E-state index in [9.17, 15) is 53.4 Å². The maximum absolute atomic E-state index is 15.0. The Labute approximate surface area is 465 Å². The second-order valence-electron chi connectivity index (χ2n) is 23.0. The van der Waals surface area contributed by atoms with Gasteiger partial charge in [0, 0.05) is 33.6 Å². The summed E-state index contributed by atoms with van der Waals surface area (Å²) in [5.74, 6) is -10.3. The molecule has 3 aliphatic heterocycles. The number of likely N-dealkylation sites (N-methyl/N-ethyl adjacent to an activating group) is 2. The van der Waals surface area contributed by atoms with E-state index >= 15 is 4.79 Å². The molecule has 0 bridgehead atoms. The van der Waals surface area contributed by atoms with Crippen molar-refractivity contribution in [1.82, 2.24) is 35.6 Å². The minimum absolute atomic E-state index is 0.0720. The Bertz CT molecular complexity index is 2330. The average molecular weight is 1110 g/mol. The Morgan fingerprint density at radius 1 is 0.861 bits per heavy atom. The van der Waals surface area contributed by atoms with Gasteiger partial charge in [0.2, 0.25) is 35.4 Å². The third-order valence-corrected chi connectivity index (χ3v) is 15.5. The summed E-state index contributed by atoms with van der Waals surface area (Å²) in [6.07, 6.45) is -4.99. The van der Waals surface area contributed by atoms with Crippen molar-refractivity contribution in [2.75, 3.05) is 34.3 Å². The van der Waals surface area contributed by atoms with Crippen molar-refractivity contribution in [3.05, 3.63) is 29.8 Å². The number of nitrogens with one attached hydrogen (secondary N) is 3. The van der Waals surface area contributed by atoms with Crippen LogP contribution in [0, 0.1) is 29.6 Å². The molecule has 1 aromatic carbocycles. The van der Waals surface area contributed by atoms with Gasteiger partial charge in [-0.05, 0) is 101 Å². The molecule has 13 atom stereocenters. The van der Waals surface area contributed by atoms with E-state index in [1.807, 2.05) is 27.7 Å². The van der Waals surface area contributed by atoms with Gasteiger partial charge >= 0.3 is 11.9 Å². The maximum Gasteiger partial charge on any atom is 0.329 e. The number of amides is 7. The number of aliphatic hydroxyl groups excluding tert-OH is 2. The lowest BCUT2D eigenvalue weighted by molar-refractivity contribution is -0.163. The summed E-state index contributed by atoms with van der Waals surface area (Å²) in [6, 6.07) is -2.19. The summed E-state index contributed by atoms with van der Waals surface area (Å²) < 4.78 is 17.2. The van der Waals surface area contributed by atoms with Crippen LogP contribution in [-0.4, -0.2) is 190 Å². The SMILES string of the molecule is CCC(C)C1NC(=O)[C@@H](NC(=O)[C@@H](CC(C)C)N(C)C(=O)[C@@H]2CCCN2C(=O)[C@H](C)O)[C@@H](C)OC(=O)[C@H](Cc2ccc(OC)cc2)N(C)C(=O)[C@H]2CCCN2C(=O)[C@H](CC(C)C)NC(=O)[C@@H](C)C(=O)[C@H](C(C)C)OC(=O)CC1O. The van der Waals surface area contributed by atoms with Crippen molar-refractivity contribution in [2.24, 2.45) is 29.6 Å². The van der Waals surface area contributed by atoms with Crippen LogP contribution in [0.5, 0.6) is 5.75 Å². The van der Waals surface area contributed by atoms with Gasteiger partial charge in [-0.25, -0.2) is 4.79 Å². The van der Waals surface area contributed by atoms with E-state index in [2.05, 4.69) is 16.0 Å². The number of fused-ring (bicyclic) bond motifs is 1. The van der Waals surface area contributed by atoms with E-state index in [0.29, 0.717) is 30.6 Å². The van der Waals surface area contributed by atoms with Crippen LogP contribution < -0.4 is 20.7 Å². The molecule has 3 aliphatic rings. The van der Waals surface area contributed by atoms with Gasteiger partial charge in [-0.2, -0.15) is 0 Å². The van der Waals surface area contributed by atoms with Gasteiger partial charge in [-0.3, -0.25) is 43.2 Å². The highest BCUT2D eigenvalue weighted by Crippen LogP contribution is 2.27. The Morgan fingerprint density at radius 3 is 2.06 bits per heavy atom. The number of Topliss-reactive ketones (excluding diaryl/α,β-unsaturated/α-hetero) is 1. The third kappa shape index (κ3) is 16.9. The molecule has 3 fully saturated rings. The zero-order chi connectivity index (χ0) is 59.3. The number of aliphatic hydroxyl groups is 2. The molecule has 0 aliphatic carbocycles. The van der Waals surface area contributed by atoms with Crippen molar-refractivity contribution < 1.29 is 72.4 Å². The number of hydrogen-bond donors (Lipinski definition) is 5. The van der Waals surface area contributed by atoms with E-state index in [0.717, 1.165) is 0 Å². The Kier molecular flexibility index (Phi) is 24.3. The van der Waals surface area contributed by atoms with Crippen LogP contribution in [0.2, 0.25) is 0 Å². The number of hydrogen-bond acceptors (Lipinski definition) is 15. The lowest BCUT2D eigenvalue weighted by Gasteiger charge is -2.36. The van der Waals surface area contributed by atoms with Crippen LogP contribution in [0.3, 0.4) is 0 Å². The second kappa shape index (κ2) is 29.3. The van der Waals surface area contributed by atoms with Crippen LogP contribution in [-0.2, 0) is 63.8 Å². The van der Waals surface area contributed by atoms with Crippen molar-refractivity contribution >= 4 is 59.1 Å². The number of cyclic esters (lactones) is 2. The zero-order valence-electron chi connectivity index (χ0n) is 48.8. The molecule has 79 heavy (non-hydrogen) atoms. The molecule has 0 spiro atoms. The van der Waals surface area contributed by atoms with E-state index in [1.54, 1.807) is 52.0 Å². The largest absolute Gasteiger partial charge is 0.497 e. The molecule has 22 heteroatoms. The number of carbonyl (C=O) groups excluding carboxylic acids is 10. The summed E-state index contributed by atoms with van der Waals surface area (Å²) in [4.78, 5) is 149. The molecule has 3 saturated heterocycles. The van der Waals surface area contributed by atoms with Crippen LogP contribution in [0.15, 0.2) is 24.3 Å². The molecule has 5 N–H and O–H groups in total. The number of ether oxygens (including phenoxy) is 3. The standard InChI is InChI=1S/C57H89N7O15/c1-15-33(8)46-44(66)29-45(67)79-49(32(6)7)48(68)34(9)50(69)58-39(26-30(2)3)54(73)64-25-17-19-41(64)56(75)62(13)43(28-37-20-22-38(77-14)23-21-37)57(76)78-36(11)47(52(71)59-46)60-51(70)42(27-31(4)5)61(12)55(74)40-18-16-24-63(40)53(72)35(10)65/h20-23,30-36,39-44,46-47,49,65-66H,15-19,24-29H2,1-14H3,(H,58,69)(H,59,71)(H,60,70)/t33?,34-,35-,36+,39-,40-,41+,42+,43-,44?,46?,47-,49-/m0/s1. The number of rotatable bonds is 15. The maximum atomic E-state index is 15.0. The van der Waals surface area contributed by atoms with Crippen molar-refractivity contribution in [1.29, 1.82) is 0 Å². The van der Waals surface area contributed by atoms with Crippen molar-refractivity contribution in [3.63, 3.8) is 0 Å². The summed E-state index contributed by atoms with van der Waals surface area (Å²) in [7, 11) is 4.29. The highest BCUT2D eigenvalue weighted by molar-refractivity contribution is 6.05. The fourth-order valence-electron chi connectivity index (χ4n) is 10.5. The van der Waals surface area contributed by atoms with Gasteiger partial charge in [-0.15, -0.1) is 0 Å². The monoisotopic (exact) mass is 1110 g/mol. The van der Waals surface area contributed by atoms with E-state index < -0.39 is 150 Å². The molecule has 7 amide bonds. The molecule has 0 saturated carbocycles. The van der Waals surface area contributed by atoms with E-state index in [-0.39, 0.29) is 57.0 Å². The van der Waals surface area contributed by atoms with E-state index in [4.69, 9.17) is 14.2 Å². The molecule has 0 aromatic heterocycles. The van der Waals surface area contributed by atoms with Gasteiger partial charge in [0.1, 0.15) is 54.2 Å². The van der Waals surface area contributed by atoms with Crippen LogP contribution in [0.25, 0.3) is 0 Å². The summed E-state index contributed by atoms with van der Waals surface area (Å²) >= 11 is 0. The summed E-state index contributed by atoms with van der Waals surface area (Å²) in [5, 5.41) is 30.2. The molecule has 3 unspecified atom stereocenters. The van der Waals surface area contributed by atoms with Gasteiger partial charge < -0.3 is 60.0 Å². The topological polar surface area (TPSA) is 288 Å². The molecule has 1 aromatic rings. The lowest BCUT2D eigenvalue weighted by atomic mass is 9.91. The molecule has 4 rings (SSSR count). The Morgan fingerprint density at radius 2 is 1.49 bits per heavy atom.